The largest absolute Gasteiger partial charge is 0.478 e. The summed E-state index contributed by atoms with van der Waals surface area (Å²) in [6.45, 7) is 0.726. The number of thiocarbonyl (C=S) groups is 1. The molecule has 0 atom stereocenters. The van der Waals surface area contributed by atoms with Crippen LogP contribution in [0, 0.1) is 0 Å². The van der Waals surface area contributed by atoms with E-state index >= 15 is 0 Å². The first-order valence-corrected chi connectivity index (χ1v) is 7.29. The predicted octanol–water partition coefficient (Wildman–Crippen LogP) is 2.60. The third-order valence-corrected chi connectivity index (χ3v) is 3.53. The molecule has 118 valence electrons. The fourth-order valence-corrected chi connectivity index (χ4v) is 2.29. The molecule has 2 aromatic carbocycles. The van der Waals surface area contributed by atoms with E-state index < -0.39 is 5.97 Å². The molecule has 1 aliphatic rings. The van der Waals surface area contributed by atoms with E-state index in [0.29, 0.717) is 23.2 Å². The summed E-state index contributed by atoms with van der Waals surface area (Å²) < 4.78 is 10.6. The van der Waals surface area contributed by atoms with E-state index in [1.54, 1.807) is 24.3 Å². The fourth-order valence-electron chi connectivity index (χ4n) is 2.10. The predicted molar refractivity (Wildman–Crippen MR) is 89.0 cm³/mol. The molecule has 0 spiro atoms. The lowest BCUT2D eigenvalue weighted by Crippen LogP contribution is -2.27. The molecule has 0 saturated carbocycles. The van der Waals surface area contributed by atoms with Crippen molar-refractivity contribution in [3.63, 3.8) is 0 Å². The number of hydrogen-bond acceptors (Lipinski definition) is 4. The molecule has 23 heavy (non-hydrogen) atoms. The summed E-state index contributed by atoms with van der Waals surface area (Å²) in [7, 11) is 0. The number of nitrogens with one attached hydrogen (secondary N) is 2. The Morgan fingerprint density at radius 2 is 1.87 bits per heavy atom. The van der Waals surface area contributed by atoms with Gasteiger partial charge in [-0.05, 0) is 42.0 Å². The van der Waals surface area contributed by atoms with Gasteiger partial charge in [-0.3, -0.25) is 0 Å². The van der Waals surface area contributed by atoms with E-state index in [-0.39, 0.29) is 12.4 Å². The van der Waals surface area contributed by atoms with Crippen LogP contribution in [0.3, 0.4) is 0 Å². The molecule has 3 rings (SSSR count). The van der Waals surface area contributed by atoms with Gasteiger partial charge in [-0.25, -0.2) is 4.79 Å². The van der Waals surface area contributed by atoms with Crippen molar-refractivity contribution < 1.29 is 19.4 Å². The van der Waals surface area contributed by atoms with Crippen molar-refractivity contribution in [1.29, 1.82) is 0 Å². The van der Waals surface area contributed by atoms with E-state index in [2.05, 4.69) is 10.6 Å². The van der Waals surface area contributed by atoms with Gasteiger partial charge in [0.05, 0.1) is 5.56 Å². The molecule has 0 aromatic heterocycles. The minimum absolute atomic E-state index is 0.230. The summed E-state index contributed by atoms with van der Waals surface area (Å²) in [5.74, 6) is 0.458. The maximum atomic E-state index is 10.8. The van der Waals surface area contributed by atoms with Crippen LogP contribution in [0.4, 0.5) is 5.69 Å². The Morgan fingerprint density at radius 3 is 2.61 bits per heavy atom. The second kappa shape index (κ2) is 6.53. The number of anilines is 1. The Balaban J connectivity index is 1.54. The Kier molecular flexibility index (Phi) is 4.29. The van der Waals surface area contributed by atoms with Crippen LogP contribution >= 0.6 is 12.2 Å². The number of benzene rings is 2. The topological polar surface area (TPSA) is 79.8 Å². The first kappa shape index (κ1) is 15.1. The molecule has 6 nitrogen and oxygen atoms in total. The molecule has 0 fully saturated rings. The van der Waals surface area contributed by atoms with E-state index in [1.165, 1.54) is 0 Å². The zero-order chi connectivity index (χ0) is 16.2. The smallest absolute Gasteiger partial charge is 0.335 e. The van der Waals surface area contributed by atoms with Crippen molar-refractivity contribution in [3.8, 4) is 11.5 Å². The molecule has 1 heterocycles. The molecule has 0 saturated heterocycles. The number of carboxylic acids is 1. The second-order valence-electron chi connectivity index (χ2n) is 4.88. The van der Waals surface area contributed by atoms with Crippen molar-refractivity contribution in [2.45, 2.75) is 6.54 Å². The van der Waals surface area contributed by atoms with Gasteiger partial charge in [0.25, 0.3) is 0 Å². The van der Waals surface area contributed by atoms with Crippen molar-refractivity contribution >= 4 is 29.0 Å². The summed E-state index contributed by atoms with van der Waals surface area (Å²) in [6.07, 6.45) is 0. The zero-order valence-corrected chi connectivity index (χ0v) is 12.9. The Bertz CT molecular complexity index is 746. The van der Waals surface area contributed by atoms with Crippen LogP contribution in [0.1, 0.15) is 15.9 Å². The summed E-state index contributed by atoms with van der Waals surface area (Å²) in [4.78, 5) is 10.8. The van der Waals surface area contributed by atoms with Crippen LogP contribution < -0.4 is 20.1 Å². The van der Waals surface area contributed by atoms with Crippen LogP contribution in [0.5, 0.6) is 11.5 Å². The lowest BCUT2D eigenvalue weighted by atomic mass is 10.1. The van der Waals surface area contributed by atoms with Crippen molar-refractivity contribution in [2.24, 2.45) is 0 Å². The Hall–Kier alpha value is -2.80. The van der Waals surface area contributed by atoms with Crippen molar-refractivity contribution in [1.82, 2.24) is 5.32 Å². The molecule has 1 aliphatic heterocycles. The molecule has 0 radical (unpaired) electrons. The van der Waals surface area contributed by atoms with E-state index in [9.17, 15) is 4.79 Å². The molecule has 7 heteroatoms. The quantitative estimate of drug-likeness (QED) is 0.744. The minimum atomic E-state index is -0.940. The molecule has 0 amide bonds. The van der Waals surface area contributed by atoms with Gasteiger partial charge >= 0.3 is 5.97 Å². The average Bonchev–Trinajstić information content (AvgIpc) is 3.01. The van der Waals surface area contributed by atoms with Gasteiger partial charge in [-0.2, -0.15) is 0 Å². The molecule has 3 N–H and O–H groups in total. The van der Waals surface area contributed by atoms with Crippen LogP contribution in [-0.2, 0) is 6.54 Å². The van der Waals surface area contributed by atoms with Crippen LogP contribution in [0.15, 0.2) is 42.5 Å². The highest BCUT2D eigenvalue weighted by Gasteiger charge is 2.13. The number of fused-ring (bicyclic) bond motifs is 1. The molecule has 0 bridgehead atoms. The Morgan fingerprint density at radius 1 is 1.13 bits per heavy atom. The van der Waals surface area contributed by atoms with Gasteiger partial charge in [0.1, 0.15) is 0 Å². The van der Waals surface area contributed by atoms with Gasteiger partial charge in [-0.1, -0.05) is 12.1 Å². The lowest BCUT2D eigenvalue weighted by Gasteiger charge is -2.11. The number of ether oxygens (including phenoxy) is 2. The van der Waals surface area contributed by atoms with Gasteiger partial charge in [0.15, 0.2) is 16.6 Å². The summed E-state index contributed by atoms with van der Waals surface area (Å²) >= 11 is 5.24. The van der Waals surface area contributed by atoms with Crippen LogP contribution in [0.2, 0.25) is 0 Å². The summed E-state index contributed by atoms with van der Waals surface area (Å²) in [6, 6.07) is 12.1. The lowest BCUT2D eigenvalue weighted by molar-refractivity contribution is 0.0697. The zero-order valence-electron chi connectivity index (χ0n) is 12.0. The van der Waals surface area contributed by atoms with Gasteiger partial charge in [-0.15, -0.1) is 0 Å². The maximum absolute atomic E-state index is 10.8. The fraction of sp³-hybridized carbons (Fsp3) is 0.125. The number of aromatic carboxylic acids is 1. The van der Waals surface area contributed by atoms with Gasteiger partial charge in [0, 0.05) is 18.3 Å². The minimum Gasteiger partial charge on any atom is -0.478 e. The number of rotatable bonds is 4. The van der Waals surface area contributed by atoms with Gasteiger partial charge < -0.3 is 25.2 Å². The summed E-state index contributed by atoms with van der Waals surface area (Å²) in [5, 5.41) is 15.4. The average molecular weight is 330 g/mol. The summed E-state index contributed by atoms with van der Waals surface area (Å²) in [5.41, 5.74) is 1.99. The highest BCUT2D eigenvalue weighted by Crippen LogP contribution is 2.34. The van der Waals surface area contributed by atoms with Gasteiger partial charge in [0.2, 0.25) is 6.79 Å². The molecular weight excluding hydrogens is 316 g/mol. The van der Waals surface area contributed by atoms with Crippen LogP contribution in [-0.4, -0.2) is 23.0 Å². The SMILES string of the molecule is O=C(O)c1ccc(CNC(=S)Nc2ccc3c(c2)OCO3)cc1. The second-order valence-corrected chi connectivity index (χ2v) is 5.29. The highest BCUT2D eigenvalue weighted by molar-refractivity contribution is 7.80. The van der Waals surface area contributed by atoms with Crippen LogP contribution in [0.25, 0.3) is 0 Å². The molecular formula is C16H14N2O4S. The number of hydrogen-bond donors (Lipinski definition) is 3. The maximum Gasteiger partial charge on any atom is 0.335 e. The van der Waals surface area contributed by atoms with E-state index in [1.807, 2.05) is 18.2 Å². The Labute approximate surface area is 138 Å². The molecule has 2 aromatic rings. The normalized spacial score (nSPS) is 11.8. The molecule has 0 aliphatic carbocycles. The number of carboxylic acid groups (broad SMARTS) is 1. The van der Waals surface area contributed by atoms with Crippen molar-refractivity contribution in [2.75, 3.05) is 12.1 Å². The van der Waals surface area contributed by atoms with E-state index in [0.717, 1.165) is 11.3 Å². The monoisotopic (exact) mass is 330 g/mol. The van der Waals surface area contributed by atoms with E-state index in [4.69, 9.17) is 26.8 Å². The standard InChI is InChI=1S/C16H14N2O4S/c19-15(20)11-3-1-10(2-4-11)8-17-16(23)18-12-5-6-13-14(7-12)22-9-21-13/h1-7H,8-9H2,(H,19,20)(H2,17,18,23). The van der Waals surface area contributed by atoms with Crippen molar-refractivity contribution in [3.05, 3.63) is 53.6 Å². The number of carbonyl (C=O) groups is 1. The first-order valence-electron chi connectivity index (χ1n) is 6.88. The third kappa shape index (κ3) is 3.70. The highest BCUT2D eigenvalue weighted by atomic mass is 32.1. The first-order chi connectivity index (χ1) is 11.1. The third-order valence-electron chi connectivity index (χ3n) is 3.28. The molecule has 0 unspecified atom stereocenters.